The van der Waals surface area contributed by atoms with E-state index in [-0.39, 0.29) is 35.4 Å². The quantitative estimate of drug-likeness (QED) is 0.789. The van der Waals surface area contributed by atoms with Gasteiger partial charge in [0.25, 0.3) is 0 Å². The molecule has 1 aliphatic heterocycles. The molecule has 1 saturated heterocycles. The summed E-state index contributed by atoms with van der Waals surface area (Å²) in [4.78, 5) is 26.1. The number of hydrogen-bond acceptors (Lipinski definition) is 4. The summed E-state index contributed by atoms with van der Waals surface area (Å²) in [5.41, 5.74) is 0.852. The Balaban J connectivity index is 1.66. The third-order valence-electron chi connectivity index (χ3n) is 4.71. The number of carbonyl (C=O) groups excluding carboxylic acids is 2. The van der Waals surface area contributed by atoms with Crippen LogP contribution < -0.4 is 15.4 Å². The van der Waals surface area contributed by atoms with Gasteiger partial charge in [0.1, 0.15) is 5.82 Å². The maximum absolute atomic E-state index is 13.9. The second kappa shape index (κ2) is 7.69. The van der Waals surface area contributed by atoms with Gasteiger partial charge in [0.05, 0.1) is 22.5 Å². The third kappa shape index (κ3) is 4.20. The number of nitrogens with two attached hydrogens (primary N) is 1. The van der Waals surface area contributed by atoms with E-state index >= 15 is 0 Å². The van der Waals surface area contributed by atoms with Gasteiger partial charge >= 0.3 is 0 Å². The van der Waals surface area contributed by atoms with E-state index in [1.807, 2.05) is 0 Å². The molecule has 7 nitrogen and oxygen atoms in total. The highest BCUT2D eigenvalue weighted by molar-refractivity contribution is 7.89. The van der Waals surface area contributed by atoms with Crippen LogP contribution in [0.4, 0.5) is 10.1 Å². The van der Waals surface area contributed by atoms with Crippen LogP contribution in [0.25, 0.3) is 0 Å². The Bertz CT molecular complexity index is 1010. The summed E-state index contributed by atoms with van der Waals surface area (Å²) in [5, 5.41) is 7.88. The number of carbonyl (C=O) groups is 2. The van der Waals surface area contributed by atoms with Gasteiger partial charge in [-0.3, -0.25) is 9.59 Å². The van der Waals surface area contributed by atoms with Gasteiger partial charge in [-0.2, -0.15) is 0 Å². The first-order valence-corrected chi connectivity index (χ1v) is 10.2. The van der Waals surface area contributed by atoms with Crippen LogP contribution >= 0.6 is 0 Å². The van der Waals surface area contributed by atoms with Gasteiger partial charge in [-0.1, -0.05) is 24.3 Å². The number of benzene rings is 2. The number of anilines is 1. The van der Waals surface area contributed by atoms with Gasteiger partial charge in [0.2, 0.25) is 21.8 Å². The van der Waals surface area contributed by atoms with Crippen molar-refractivity contribution in [3.8, 4) is 0 Å². The fourth-order valence-electron chi connectivity index (χ4n) is 3.15. The van der Waals surface area contributed by atoms with Crippen molar-refractivity contribution in [2.75, 3.05) is 11.4 Å². The molecule has 2 aromatic carbocycles. The highest BCUT2D eigenvalue weighted by atomic mass is 32.2. The number of halogens is 1. The van der Waals surface area contributed by atoms with E-state index in [1.165, 1.54) is 35.2 Å². The predicted molar refractivity (Wildman–Crippen MR) is 101 cm³/mol. The Morgan fingerprint density at radius 1 is 1.21 bits per heavy atom. The lowest BCUT2D eigenvalue weighted by Gasteiger charge is -2.19. The molecule has 0 radical (unpaired) electrons. The monoisotopic (exact) mass is 405 g/mol. The van der Waals surface area contributed by atoms with Crippen molar-refractivity contribution in [2.24, 2.45) is 11.1 Å². The highest BCUT2D eigenvalue weighted by Crippen LogP contribution is 2.28. The minimum Gasteiger partial charge on any atom is -0.349 e. The molecular weight excluding hydrogens is 385 g/mol. The van der Waals surface area contributed by atoms with E-state index < -0.39 is 27.8 Å². The average Bonchev–Trinajstić information content (AvgIpc) is 3.03. The van der Waals surface area contributed by atoms with Crippen LogP contribution in [-0.4, -0.2) is 26.8 Å². The summed E-state index contributed by atoms with van der Waals surface area (Å²) >= 11 is 0. The van der Waals surface area contributed by atoms with E-state index in [0.29, 0.717) is 5.56 Å². The first kappa shape index (κ1) is 20.0. The zero-order valence-corrected chi connectivity index (χ0v) is 15.9. The van der Waals surface area contributed by atoms with E-state index in [4.69, 9.17) is 5.14 Å². The van der Waals surface area contributed by atoms with Gasteiger partial charge in [0, 0.05) is 13.0 Å². The lowest BCUT2D eigenvalue weighted by Crippen LogP contribution is -2.34. The van der Waals surface area contributed by atoms with Crippen molar-refractivity contribution in [1.29, 1.82) is 0 Å². The molecule has 3 N–H and O–H groups in total. The SMILES string of the molecule is CC(NC(=O)C1CC(=O)N(c2ccccc2F)C1)c1ccc(S(N)(=O)=O)cc1. The zero-order valence-electron chi connectivity index (χ0n) is 15.1. The molecule has 0 bridgehead atoms. The molecule has 0 saturated carbocycles. The van der Waals surface area contributed by atoms with Gasteiger partial charge in [0.15, 0.2) is 0 Å². The fraction of sp³-hybridized carbons (Fsp3) is 0.263. The van der Waals surface area contributed by atoms with Crippen LogP contribution in [0, 0.1) is 11.7 Å². The van der Waals surface area contributed by atoms with E-state index in [1.54, 1.807) is 25.1 Å². The van der Waals surface area contributed by atoms with Crippen molar-refractivity contribution < 1.29 is 22.4 Å². The molecule has 3 rings (SSSR count). The number of nitrogens with zero attached hydrogens (tertiary/aromatic N) is 1. The minimum absolute atomic E-state index is 0.00274. The molecule has 2 atom stereocenters. The molecular formula is C19H20FN3O4S. The van der Waals surface area contributed by atoms with E-state index in [9.17, 15) is 22.4 Å². The average molecular weight is 405 g/mol. The number of sulfonamides is 1. The van der Waals surface area contributed by atoms with Crippen molar-refractivity contribution in [2.45, 2.75) is 24.3 Å². The number of rotatable bonds is 5. The fourth-order valence-corrected chi connectivity index (χ4v) is 3.66. The van der Waals surface area contributed by atoms with Gasteiger partial charge in [-0.05, 0) is 36.8 Å². The summed E-state index contributed by atoms with van der Waals surface area (Å²) < 4.78 is 36.6. The Kier molecular flexibility index (Phi) is 5.48. The molecule has 2 aromatic rings. The summed E-state index contributed by atoms with van der Waals surface area (Å²) in [6.07, 6.45) is -0.00274. The second-order valence-electron chi connectivity index (χ2n) is 6.70. The minimum atomic E-state index is -3.78. The van der Waals surface area contributed by atoms with Gasteiger partial charge < -0.3 is 10.2 Å². The third-order valence-corrected chi connectivity index (χ3v) is 5.64. The van der Waals surface area contributed by atoms with Crippen LogP contribution in [-0.2, 0) is 19.6 Å². The zero-order chi connectivity index (χ0) is 20.5. The summed E-state index contributed by atoms with van der Waals surface area (Å²) in [7, 11) is -3.78. The lowest BCUT2D eigenvalue weighted by atomic mass is 10.1. The molecule has 28 heavy (non-hydrogen) atoms. The van der Waals surface area contributed by atoms with Crippen molar-refractivity contribution in [3.63, 3.8) is 0 Å². The number of nitrogens with one attached hydrogen (secondary N) is 1. The smallest absolute Gasteiger partial charge is 0.238 e. The molecule has 2 unspecified atom stereocenters. The lowest BCUT2D eigenvalue weighted by molar-refractivity contribution is -0.126. The Labute approximate surface area is 162 Å². The molecule has 2 amide bonds. The Hall–Kier alpha value is -2.78. The molecule has 9 heteroatoms. The number of primary sulfonamides is 1. The maximum Gasteiger partial charge on any atom is 0.238 e. The first-order chi connectivity index (χ1) is 13.2. The second-order valence-corrected chi connectivity index (χ2v) is 8.26. The molecule has 0 aliphatic carbocycles. The highest BCUT2D eigenvalue weighted by Gasteiger charge is 2.36. The molecule has 1 aliphatic rings. The molecule has 0 aromatic heterocycles. The van der Waals surface area contributed by atoms with Crippen LogP contribution in [0.15, 0.2) is 53.4 Å². The first-order valence-electron chi connectivity index (χ1n) is 8.65. The van der Waals surface area contributed by atoms with Crippen LogP contribution in [0.3, 0.4) is 0 Å². The van der Waals surface area contributed by atoms with Crippen LogP contribution in [0.2, 0.25) is 0 Å². The predicted octanol–water partition coefficient (Wildman–Crippen LogP) is 1.70. The topological polar surface area (TPSA) is 110 Å². The Morgan fingerprint density at radius 3 is 2.46 bits per heavy atom. The van der Waals surface area contributed by atoms with Gasteiger partial charge in [-0.15, -0.1) is 0 Å². The summed E-state index contributed by atoms with van der Waals surface area (Å²) in [6.45, 7) is 1.85. The molecule has 1 fully saturated rings. The van der Waals surface area contributed by atoms with E-state index in [0.717, 1.165) is 0 Å². The number of hydrogen-bond donors (Lipinski definition) is 2. The van der Waals surface area contributed by atoms with E-state index in [2.05, 4.69) is 5.32 Å². The summed E-state index contributed by atoms with van der Waals surface area (Å²) in [6, 6.07) is 11.4. The van der Waals surface area contributed by atoms with Crippen molar-refractivity contribution >= 4 is 27.5 Å². The molecule has 1 heterocycles. The van der Waals surface area contributed by atoms with Crippen molar-refractivity contribution in [3.05, 3.63) is 59.9 Å². The van der Waals surface area contributed by atoms with Crippen LogP contribution in [0.1, 0.15) is 24.9 Å². The molecule has 0 spiro atoms. The Morgan fingerprint density at radius 2 is 1.86 bits per heavy atom. The maximum atomic E-state index is 13.9. The number of amides is 2. The van der Waals surface area contributed by atoms with Crippen molar-refractivity contribution in [1.82, 2.24) is 5.32 Å². The summed E-state index contributed by atoms with van der Waals surface area (Å²) in [5.74, 6) is -1.75. The number of para-hydroxylation sites is 1. The molecule has 148 valence electrons. The largest absolute Gasteiger partial charge is 0.349 e. The standard InChI is InChI=1S/C19H20FN3O4S/c1-12(13-6-8-15(9-7-13)28(21,26)27)22-19(25)14-10-18(24)23(11-14)17-5-3-2-4-16(17)20/h2-9,12,14H,10-11H2,1H3,(H,22,25)(H2,21,26,27). The van der Waals surface area contributed by atoms with Crippen LogP contribution in [0.5, 0.6) is 0 Å². The van der Waals surface area contributed by atoms with Gasteiger partial charge in [-0.25, -0.2) is 17.9 Å². The normalized spacial score (nSPS) is 18.2.